The molecule has 0 spiro atoms. The molecule has 1 fully saturated rings. The highest BCUT2D eigenvalue weighted by Crippen LogP contribution is 2.17. The molecule has 3 aromatic rings. The molecule has 1 aliphatic rings. The van der Waals surface area contributed by atoms with Crippen LogP contribution < -0.4 is 10.2 Å². The van der Waals surface area contributed by atoms with E-state index in [1.807, 2.05) is 24.3 Å². The quantitative estimate of drug-likeness (QED) is 0.779. The van der Waals surface area contributed by atoms with Gasteiger partial charge in [-0.2, -0.15) is 0 Å². The Morgan fingerprint density at radius 2 is 1.73 bits per heavy atom. The van der Waals surface area contributed by atoms with E-state index in [9.17, 15) is 4.39 Å². The molecule has 4 rings (SSSR count). The van der Waals surface area contributed by atoms with E-state index in [2.05, 4.69) is 49.1 Å². The first-order chi connectivity index (χ1) is 12.7. The summed E-state index contributed by atoms with van der Waals surface area (Å²) in [6.45, 7) is 5.51. The van der Waals surface area contributed by atoms with Crippen molar-refractivity contribution in [1.82, 2.24) is 19.9 Å². The van der Waals surface area contributed by atoms with Crippen molar-refractivity contribution in [2.75, 3.05) is 36.4 Å². The molecule has 7 heteroatoms. The lowest BCUT2D eigenvalue weighted by atomic mass is 10.2. The molecule has 26 heavy (non-hydrogen) atoms. The lowest BCUT2D eigenvalue weighted by molar-refractivity contribution is 0.214. The highest BCUT2D eigenvalue weighted by atomic mass is 19.1. The van der Waals surface area contributed by atoms with E-state index in [1.165, 1.54) is 12.4 Å². The Hall–Kier alpha value is -2.80. The maximum Gasteiger partial charge on any atom is 0.225 e. The van der Waals surface area contributed by atoms with Gasteiger partial charge in [-0.1, -0.05) is 18.2 Å². The molecule has 1 aromatic carbocycles. The number of nitrogens with one attached hydrogen (secondary N) is 1. The summed E-state index contributed by atoms with van der Waals surface area (Å²) in [5.74, 6) is 1.05. The predicted octanol–water partition coefficient (Wildman–Crippen LogP) is 2.74. The molecule has 0 amide bonds. The minimum atomic E-state index is -0.409. The molecule has 1 saturated heterocycles. The van der Waals surface area contributed by atoms with Crippen molar-refractivity contribution < 1.29 is 4.39 Å². The molecular formula is C19H21FN6. The molecular weight excluding hydrogens is 331 g/mol. The summed E-state index contributed by atoms with van der Waals surface area (Å²) in [4.78, 5) is 17.2. The van der Waals surface area contributed by atoms with Gasteiger partial charge in [0, 0.05) is 31.6 Å². The minimum Gasteiger partial charge on any atom is -0.355 e. The Bertz CT molecular complexity index is 877. The van der Waals surface area contributed by atoms with Crippen LogP contribution in [0.1, 0.15) is 6.92 Å². The van der Waals surface area contributed by atoms with Crippen LogP contribution in [0.5, 0.6) is 0 Å². The van der Waals surface area contributed by atoms with Crippen molar-refractivity contribution in [3.05, 3.63) is 54.6 Å². The molecule has 0 bridgehead atoms. The zero-order chi connectivity index (χ0) is 17.9. The Balaban J connectivity index is 1.36. The number of piperazine rings is 1. The average molecular weight is 352 g/mol. The van der Waals surface area contributed by atoms with Gasteiger partial charge in [-0.3, -0.25) is 4.90 Å². The third kappa shape index (κ3) is 3.57. The van der Waals surface area contributed by atoms with E-state index >= 15 is 0 Å². The molecule has 1 atom stereocenters. The van der Waals surface area contributed by atoms with Gasteiger partial charge in [-0.15, -0.1) is 0 Å². The zero-order valence-electron chi connectivity index (χ0n) is 14.6. The van der Waals surface area contributed by atoms with Crippen LogP contribution in [0.4, 0.5) is 16.2 Å². The van der Waals surface area contributed by atoms with E-state index in [1.54, 1.807) is 0 Å². The molecule has 1 aliphatic heterocycles. The molecule has 134 valence electrons. The first-order valence-electron chi connectivity index (χ1n) is 8.78. The molecule has 1 unspecified atom stereocenters. The number of nitrogens with zero attached hydrogens (tertiary/aromatic N) is 5. The number of para-hydroxylation sites is 1. The molecule has 3 heterocycles. The maximum absolute atomic E-state index is 13.0. The number of pyridine rings is 1. The van der Waals surface area contributed by atoms with Crippen molar-refractivity contribution in [1.29, 1.82) is 0 Å². The number of rotatable bonds is 4. The first kappa shape index (κ1) is 16.7. The van der Waals surface area contributed by atoms with Gasteiger partial charge in [-0.05, 0) is 25.1 Å². The normalized spacial score (nSPS) is 16.6. The maximum atomic E-state index is 13.0. The average Bonchev–Trinajstić information content (AvgIpc) is 2.68. The lowest BCUT2D eigenvalue weighted by Crippen LogP contribution is -2.52. The Labute approximate surface area is 151 Å². The van der Waals surface area contributed by atoms with Gasteiger partial charge >= 0.3 is 0 Å². The van der Waals surface area contributed by atoms with Gasteiger partial charge < -0.3 is 10.2 Å². The second-order valence-corrected chi connectivity index (χ2v) is 6.43. The summed E-state index contributed by atoms with van der Waals surface area (Å²) in [6.07, 6.45) is 2.59. The summed E-state index contributed by atoms with van der Waals surface area (Å²) in [7, 11) is 0. The number of hydrogen-bond acceptors (Lipinski definition) is 6. The fourth-order valence-corrected chi connectivity index (χ4v) is 3.23. The van der Waals surface area contributed by atoms with Crippen molar-refractivity contribution in [2.24, 2.45) is 0 Å². The van der Waals surface area contributed by atoms with Gasteiger partial charge in [0.25, 0.3) is 0 Å². The Morgan fingerprint density at radius 1 is 1.00 bits per heavy atom. The standard InChI is InChI=1S/C19H21FN6/c1-14(23-18-7-6-15-4-2-3-5-17(15)24-18)25-8-10-26(11-9-25)19-21-12-16(20)13-22-19/h2-7,12-14H,8-11H2,1H3,(H,23,24). The van der Waals surface area contributed by atoms with Crippen LogP contribution in [-0.4, -0.2) is 52.2 Å². The topological polar surface area (TPSA) is 57.2 Å². The summed E-state index contributed by atoms with van der Waals surface area (Å²) in [5, 5.41) is 4.62. The van der Waals surface area contributed by atoms with Crippen LogP contribution in [0.25, 0.3) is 10.9 Å². The number of anilines is 2. The van der Waals surface area contributed by atoms with Crippen LogP contribution in [0.15, 0.2) is 48.8 Å². The third-order valence-corrected chi connectivity index (χ3v) is 4.71. The second-order valence-electron chi connectivity index (χ2n) is 6.43. The van der Waals surface area contributed by atoms with Crippen molar-refractivity contribution >= 4 is 22.7 Å². The lowest BCUT2D eigenvalue weighted by Gasteiger charge is -2.38. The molecule has 0 aliphatic carbocycles. The fourth-order valence-electron chi connectivity index (χ4n) is 3.23. The Morgan fingerprint density at radius 3 is 2.50 bits per heavy atom. The number of hydrogen-bond donors (Lipinski definition) is 1. The largest absolute Gasteiger partial charge is 0.355 e. The highest BCUT2D eigenvalue weighted by molar-refractivity contribution is 5.80. The fraction of sp³-hybridized carbons (Fsp3) is 0.316. The molecule has 2 aromatic heterocycles. The number of fused-ring (bicyclic) bond motifs is 1. The van der Waals surface area contributed by atoms with Crippen molar-refractivity contribution in [3.63, 3.8) is 0 Å². The molecule has 0 radical (unpaired) electrons. The molecule has 0 saturated carbocycles. The third-order valence-electron chi connectivity index (χ3n) is 4.71. The first-order valence-corrected chi connectivity index (χ1v) is 8.78. The van der Waals surface area contributed by atoms with Crippen molar-refractivity contribution in [3.8, 4) is 0 Å². The van der Waals surface area contributed by atoms with Gasteiger partial charge in [0.15, 0.2) is 5.82 Å². The number of benzene rings is 1. The van der Waals surface area contributed by atoms with Gasteiger partial charge in [0.1, 0.15) is 5.82 Å². The smallest absolute Gasteiger partial charge is 0.225 e. The Kier molecular flexibility index (Phi) is 4.62. The van der Waals surface area contributed by atoms with E-state index in [0.717, 1.165) is 42.9 Å². The van der Waals surface area contributed by atoms with Gasteiger partial charge in [0.2, 0.25) is 5.95 Å². The van der Waals surface area contributed by atoms with Crippen LogP contribution in [0.3, 0.4) is 0 Å². The van der Waals surface area contributed by atoms with Crippen LogP contribution in [0, 0.1) is 5.82 Å². The summed E-state index contributed by atoms with van der Waals surface area (Å²) in [5.41, 5.74) is 0.989. The second kappa shape index (κ2) is 7.21. The van der Waals surface area contributed by atoms with E-state index in [-0.39, 0.29) is 6.17 Å². The van der Waals surface area contributed by atoms with Gasteiger partial charge in [-0.25, -0.2) is 19.3 Å². The van der Waals surface area contributed by atoms with Crippen molar-refractivity contribution in [2.45, 2.75) is 13.1 Å². The molecule has 6 nitrogen and oxygen atoms in total. The predicted molar refractivity (Wildman–Crippen MR) is 101 cm³/mol. The number of halogens is 1. The van der Waals surface area contributed by atoms with Gasteiger partial charge in [0.05, 0.1) is 24.1 Å². The number of aromatic nitrogens is 3. The summed E-state index contributed by atoms with van der Waals surface area (Å²) >= 11 is 0. The highest BCUT2D eigenvalue weighted by Gasteiger charge is 2.22. The molecule has 1 N–H and O–H groups in total. The van der Waals surface area contributed by atoms with Crippen LogP contribution in [-0.2, 0) is 0 Å². The minimum absolute atomic E-state index is 0.167. The monoisotopic (exact) mass is 352 g/mol. The summed E-state index contributed by atoms with van der Waals surface area (Å²) < 4.78 is 13.0. The zero-order valence-corrected chi connectivity index (χ0v) is 14.6. The van der Waals surface area contributed by atoms with Crippen LogP contribution in [0.2, 0.25) is 0 Å². The van der Waals surface area contributed by atoms with E-state index in [0.29, 0.717) is 5.95 Å². The van der Waals surface area contributed by atoms with E-state index in [4.69, 9.17) is 0 Å². The van der Waals surface area contributed by atoms with E-state index < -0.39 is 5.82 Å². The summed E-state index contributed by atoms with van der Waals surface area (Å²) in [6, 6.07) is 12.2. The SMILES string of the molecule is CC(Nc1ccc2ccccc2n1)N1CCN(c2ncc(F)cn2)CC1. The van der Waals surface area contributed by atoms with Crippen LogP contribution >= 0.6 is 0 Å².